The largest absolute Gasteiger partial charge is 0.330 e. The van der Waals surface area contributed by atoms with Crippen LogP contribution in [0.5, 0.6) is 0 Å². The maximum absolute atomic E-state index is 10.6. The molecule has 2 aromatic carbocycles. The lowest BCUT2D eigenvalue weighted by atomic mass is 10.2. The van der Waals surface area contributed by atoms with E-state index in [0.717, 1.165) is 13.0 Å². The minimum atomic E-state index is -4.03. The molecule has 5 heteroatoms. The summed E-state index contributed by atoms with van der Waals surface area (Å²) in [6.45, 7) is 2.37. The average molecular weight is 293 g/mol. The van der Waals surface area contributed by atoms with Crippen molar-refractivity contribution < 1.29 is 13.0 Å². The average Bonchev–Trinajstić information content (AvgIpc) is 2.40. The van der Waals surface area contributed by atoms with Gasteiger partial charge in [0, 0.05) is 0 Å². The second kappa shape index (κ2) is 7.79. The first-order valence-corrected chi connectivity index (χ1v) is 7.66. The van der Waals surface area contributed by atoms with Crippen LogP contribution in [0.3, 0.4) is 0 Å². The molecule has 0 heterocycles. The molecule has 20 heavy (non-hydrogen) atoms. The van der Waals surface area contributed by atoms with Crippen molar-refractivity contribution in [3.63, 3.8) is 0 Å². The van der Waals surface area contributed by atoms with Gasteiger partial charge in [-0.3, -0.25) is 4.55 Å². The minimum absolute atomic E-state index is 0.0278. The molecule has 0 aromatic heterocycles. The molecule has 0 amide bonds. The lowest BCUT2D eigenvalue weighted by molar-refractivity contribution is 0.482. The van der Waals surface area contributed by atoms with Crippen molar-refractivity contribution in [1.82, 2.24) is 0 Å². The third-order valence-electron chi connectivity index (χ3n) is 2.65. The fraction of sp³-hybridized carbons (Fsp3) is 0.200. The SMILES string of the molecule is Cc1ccccc1S(=O)(=O)O.NCCc1ccccc1. The molecule has 0 radical (unpaired) electrons. The molecule has 3 N–H and O–H groups in total. The summed E-state index contributed by atoms with van der Waals surface area (Å²) in [5.74, 6) is 0. The van der Waals surface area contributed by atoms with Crippen molar-refractivity contribution in [1.29, 1.82) is 0 Å². The van der Waals surface area contributed by atoms with E-state index < -0.39 is 10.1 Å². The van der Waals surface area contributed by atoms with Gasteiger partial charge in [-0.05, 0) is 37.1 Å². The number of hydrogen-bond donors (Lipinski definition) is 2. The molecular weight excluding hydrogens is 274 g/mol. The fourth-order valence-electron chi connectivity index (χ4n) is 1.66. The van der Waals surface area contributed by atoms with Gasteiger partial charge in [0.05, 0.1) is 4.90 Å². The topological polar surface area (TPSA) is 80.4 Å². The highest BCUT2D eigenvalue weighted by Gasteiger charge is 2.10. The molecule has 0 atom stereocenters. The monoisotopic (exact) mass is 293 g/mol. The summed E-state index contributed by atoms with van der Waals surface area (Å²) in [5.41, 5.74) is 7.23. The van der Waals surface area contributed by atoms with Crippen LogP contribution >= 0.6 is 0 Å². The lowest BCUT2D eigenvalue weighted by Gasteiger charge is -1.99. The molecule has 0 saturated heterocycles. The first-order chi connectivity index (χ1) is 9.45. The molecule has 108 valence electrons. The lowest BCUT2D eigenvalue weighted by Crippen LogP contribution is -2.01. The Kier molecular flexibility index (Phi) is 6.38. The Balaban J connectivity index is 0.000000204. The van der Waals surface area contributed by atoms with Gasteiger partial charge in [0.25, 0.3) is 10.1 Å². The highest BCUT2D eigenvalue weighted by molar-refractivity contribution is 7.85. The van der Waals surface area contributed by atoms with Gasteiger partial charge in [-0.25, -0.2) is 0 Å². The van der Waals surface area contributed by atoms with Crippen molar-refractivity contribution in [3.8, 4) is 0 Å². The second-order valence-electron chi connectivity index (χ2n) is 4.26. The van der Waals surface area contributed by atoms with Crippen LogP contribution in [0.4, 0.5) is 0 Å². The van der Waals surface area contributed by atoms with E-state index in [1.165, 1.54) is 11.6 Å². The summed E-state index contributed by atoms with van der Waals surface area (Å²) in [5, 5.41) is 0. The van der Waals surface area contributed by atoms with E-state index in [4.69, 9.17) is 10.3 Å². The van der Waals surface area contributed by atoms with Gasteiger partial charge in [-0.2, -0.15) is 8.42 Å². The first kappa shape index (κ1) is 16.4. The highest BCUT2D eigenvalue weighted by atomic mass is 32.2. The summed E-state index contributed by atoms with van der Waals surface area (Å²) in [6, 6.07) is 16.5. The number of hydrogen-bond acceptors (Lipinski definition) is 3. The zero-order valence-electron chi connectivity index (χ0n) is 11.4. The number of benzene rings is 2. The highest BCUT2D eigenvalue weighted by Crippen LogP contribution is 2.12. The van der Waals surface area contributed by atoms with Gasteiger partial charge in [-0.15, -0.1) is 0 Å². The number of rotatable bonds is 3. The van der Waals surface area contributed by atoms with Crippen LogP contribution in [-0.4, -0.2) is 19.5 Å². The fourth-order valence-corrected chi connectivity index (χ4v) is 2.38. The smallest absolute Gasteiger partial charge is 0.294 e. The predicted octanol–water partition coefficient (Wildman–Crippen LogP) is 2.43. The van der Waals surface area contributed by atoms with Crippen molar-refractivity contribution in [2.75, 3.05) is 6.54 Å². The molecule has 2 aromatic rings. The van der Waals surface area contributed by atoms with E-state index in [2.05, 4.69) is 12.1 Å². The third kappa shape index (κ3) is 5.52. The van der Waals surface area contributed by atoms with Crippen LogP contribution in [0, 0.1) is 6.92 Å². The molecule has 0 spiro atoms. The Morgan fingerprint density at radius 2 is 1.55 bits per heavy atom. The minimum Gasteiger partial charge on any atom is -0.330 e. The Hall–Kier alpha value is -1.69. The van der Waals surface area contributed by atoms with Gasteiger partial charge in [0.1, 0.15) is 0 Å². The second-order valence-corrected chi connectivity index (χ2v) is 5.65. The van der Waals surface area contributed by atoms with Crippen LogP contribution in [0.25, 0.3) is 0 Å². The Morgan fingerprint density at radius 3 is 2.00 bits per heavy atom. The zero-order valence-corrected chi connectivity index (χ0v) is 12.2. The molecular formula is C15H19NO3S. The Bertz CT molecular complexity index is 625. The number of aryl methyl sites for hydroxylation is 1. The van der Waals surface area contributed by atoms with E-state index in [0.29, 0.717) is 5.56 Å². The van der Waals surface area contributed by atoms with Gasteiger partial charge >= 0.3 is 0 Å². The van der Waals surface area contributed by atoms with Crippen molar-refractivity contribution in [2.24, 2.45) is 5.73 Å². The van der Waals surface area contributed by atoms with E-state index in [1.54, 1.807) is 25.1 Å². The van der Waals surface area contributed by atoms with Crippen molar-refractivity contribution in [3.05, 3.63) is 65.7 Å². The maximum Gasteiger partial charge on any atom is 0.294 e. The van der Waals surface area contributed by atoms with E-state index in [1.807, 2.05) is 18.2 Å². The summed E-state index contributed by atoms with van der Waals surface area (Å²) in [6.07, 6.45) is 0.987. The summed E-state index contributed by atoms with van der Waals surface area (Å²) >= 11 is 0. The summed E-state index contributed by atoms with van der Waals surface area (Å²) < 4.78 is 29.9. The van der Waals surface area contributed by atoms with Gasteiger partial charge in [0.15, 0.2) is 0 Å². The van der Waals surface area contributed by atoms with Gasteiger partial charge in [-0.1, -0.05) is 48.5 Å². The Labute approximate surface area is 120 Å². The zero-order chi connectivity index (χ0) is 15.0. The van der Waals surface area contributed by atoms with E-state index in [9.17, 15) is 8.42 Å². The molecule has 0 aliphatic heterocycles. The normalized spacial score (nSPS) is 10.6. The van der Waals surface area contributed by atoms with Gasteiger partial charge < -0.3 is 5.73 Å². The first-order valence-electron chi connectivity index (χ1n) is 6.22. The van der Waals surface area contributed by atoms with Crippen LogP contribution in [0.2, 0.25) is 0 Å². The molecule has 4 nitrogen and oxygen atoms in total. The van der Waals surface area contributed by atoms with Crippen molar-refractivity contribution >= 4 is 10.1 Å². The van der Waals surface area contributed by atoms with E-state index in [-0.39, 0.29) is 4.90 Å². The van der Waals surface area contributed by atoms with Crippen LogP contribution in [-0.2, 0) is 16.5 Å². The standard InChI is InChI=1S/C8H11N.C7H8O3S/c9-7-6-8-4-2-1-3-5-8;1-6-4-2-3-5-7(6)11(8,9)10/h1-5H,6-7,9H2;2-5H,1H3,(H,8,9,10). The molecule has 2 rings (SSSR count). The Morgan fingerprint density at radius 1 is 1.00 bits per heavy atom. The molecule has 0 saturated carbocycles. The van der Waals surface area contributed by atoms with Crippen molar-refractivity contribution in [2.45, 2.75) is 18.2 Å². The molecule has 0 aliphatic carbocycles. The quantitative estimate of drug-likeness (QED) is 0.852. The van der Waals surface area contributed by atoms with E-state index >= 15 is 0 Å². The predicted molar refractivity (Wildman–Crippen MR) is 80.2 cm³/mol. The molecule has 0 unspecified atom stereocenters. The maximum atomic E-state index is 10.6. The summed E-state index contributed by atoms with van der Waals surface area (Å²) in [4.78, 5) is -0.0278. The van der Waals surface area contributed by atoms with Crippen LogP contribution in [0.15, 0.2) is 59.5 Å². The third-order valence-corrected chi connectivity index (χ3v) is 3.66. The summed E-state index contributed by atoms with van der Waals surface area (Å²) in [7, 11) is -4.03. The molecule has 0 aliphatic rings. The van der Waals surface area contributed by atoms with Crippen LogP contribution in [0.1, 0.15) is 11.1 Å². The number of nitrogens with two attached hydrogens (primary N) is 1. The molecule has 0 fully saturated rings. The molecule has 0 bridgehead atoms. The van der Waals surface area contributed by atoms with Gasteiger partial charge in [0.2, 0.25) is 0 Å². The van der Waals surface area contributed by atoms with Crippen LogP contribution < -0.4 is 5.73 Å².